The number of nitrogens with one attached hydrogen (secondary N) is 7. The molecule has 0 spiro atoms. The van der Waals surface area contributed by atoms with Gasteiger partial charge in [0.25, 0.3) is 0 Å². The Morgan fingerprint density at radius 2 is 1.92 bits per heavy atom. The molecule has 8 N–H and O–H groups in total. The molecule has 4 fully saturated rings. The Hall–Kier alpha value is -0.890. The van der Waals surface area contributed by atoms with E-state index in [1.54, 1.807) is 0 Å². The number of rotatable bonds is 13. The number of carbonyl (C=O) groups excluding carboxylic acids is 1. The molecule has 220 valence electrons. The molecule has 0 aromatic rings. The summed E-state index contributed by atoms with van der Waals surface area (Å²) in [6, 6.07) is 0.755. The van der Waals surface area contributed by atoms with Gasteiger partial charge in [-0.15, -0.1) is 0 Å². The number of aliphatic hydroxyl groups is 1. The van der Waals surface area contributed by atoms with Gasteiger partial charge in [-0.2, -0.15) is 0 Å². The minimum Gasteiger partial charge on any atom is -0.395 e. The van der Waals surface area contributed by atoms with E-state index in [1.807, 2.05) is 0 Å². The van der Waals surface area contributed by atoms with Crippen LogP contribution in [0.25, 0.3) is 0 Å². The van der Waals surface area contributed by atoms with Crippen molar-refractivity contribution < 1.29 is 9.90 Å². The van der Waals surface area contributed by atoms with E-state index in [0.717, 1.165) is 91.0 Å². The zero-order valence-electron chi connectivity index (χ0n) is 23.8. The monoisotopic (exact) mass is 537 g/mol. The summed E-state index contributed by atoms with van der Waals surface area (Å²) in [4.78, 5) is 17.8. The maximum absolute atomic E-state index is 13.1. The molecule has 1 saturated carbocycles. The van der Waals surface area contributed by atoms with Gasteiger partial charge in [0.2, 0.25) is 5.91 Å². The maximum atomic E-state index is 13.1. The highest BCUT2D eigenvalue weighted by molar-refractivity contribution is 5.78. The lowest BCUT2D eigenvalue weighted by atomic mass is 9.83. The zero-order chi connectivity index (χ0) is 26.7. The highest BCUT2D eigenvalue weighted by Gasteiger charge is 2.38. The summed E-state index contributed by atoms with van der Waals surface area (Å²) in [7, 11) is 2.07. The number of hydrogen-bond acceptors (Lipinski definition) is 10. The second-order valence-corrected chi connectivity index (χ2v) is 11.9. The van der Waals surface area contributed by atoms with E-state index in [9.17, 15) is 9.90 Å². The van der Waals surface area contributed by atoms with Crippen molar-refractivity contribution in [2.45, 2.75) is 76.3 Å². The first-order chi connectivity index (χ1) is 18.6. The number of amides is 1. The quantitative estimate of drug-likeness (QED) is 0.145. The molecule has 3 saturated heterocycles. The summed E-state index contributed by atoms with van der Waals surface area (Å²) in [5.74, 6) is 1.66. The first-order valence-corrected chi connectivity index (χ1v) is 15.3. The van der Waals surface area contributed by atoms with Crippen LogP contribution in [0.3, 0.4) is 0 Å². The second kappa shape index (κ2) is 15.8. The fourth-order valence-corrected chi connectivity index (χ4v) is 6.82. The number of hydrogen-bond donors (Lipinski definition) is 8. The van der Waals surface area contributed by atoms with Gasteiger partial charge in [0.15, 0.2) is 0 Å². The summed E-state index contributed by atoms with van der Waals surface area (Å²) in [5.41, 5.74) is 7.11. The molecule has 4 aliphatic rings. The van der Waals surface area contributed by atoms with Crippen LogP contribution in [-0.2, 0) is 4.79 Å². The number of aliphatic hydroxyl groups excluding tert-OH is 1. The van der Waals surface area contributed by atoms with Crippen molar-refractivity contribution >= 4 is 5.91 Å². The normalized spacial score (nSPS) is 35.0. The van der Waals surface area contributed by atoms with E-state index in [-0.39, 0.29) is 30.8 Å². The Kier molecular flexibility index (Phi) is 12.5. The summed E-state index contributed by atoms with van der Waals surface area (Å²) >= 11 is 0. The molecule has 7 unspecified atom stereocenters. The Balaban J connectivity index is 1.25. The molecule has 0 radical (unpaired) electrons. The van der Waals surface area contributed by atoms with Crippen LogP contribution in [0, 0.1) is 17.8 Å². The third kappa shape index (κ3) is 8.55. The smallest absolute Gasteiger partial charge is 0.223 e. The highest BCUT2D eigenvalue weighted by atomic mass is 16.3. The predicted octanol–water partition coefficient (Wildman–Crippen LogP) is -1.22. The Bertz CT molecular complexity index is 695. The van der Waals surface area contributed by atoms with Crippen LogP contribution in [0.5, 0.6) is 0 Å². The Morgan fingerprint density at radius 3 is 2.71 bits per heavy atom. The van der Waals surface area contributed by atoms with Crippen molar-refractivity contribution in [1.82, 2.24) is 47.2 Å². The Labute approximate surface area is 229 Å². The van der Waals surface area contributed by atoms with Crippen LogP contribution >= 0.6 is 0 Å². The van der Waals surface area contributed by atoms with Crippen LogP contribution in [0.2, 0.25) is 0 Å². The first-order valence-electron chi connectivity index (χ1n) is 15.3. The maximum Gasteiger partial charge on any atom is 0.223 e. The summed E-state index contributed by atoms with van der Waals surface area (Å²) < 4.78 is 0. The zero-order valence-corrected chi connectivity index (χ0v) is 23.8. The molecule has 11 heteroatoms. The van der Waals surface area contributed by atoms with Crippen molar-refractivity contribution in [3.05, 3.63) is 0 Å². The third-order valence-electron chi connectivity index (χ3n) is 9.35. The SMILES string of the molecule is CCC1CNCCC1CNC(=O)C1CCCC(NCC2NNC(C3CCNCN3)N2CCN(C)CCO)C1. The molecule has 3 heterocycles. The van der Waals surface area contributed by atoms with E-state index in [4.69, 9.17) is 0 Å². The van der Waals surface area contributed by atoms with Gasteiger partial charge in [-0.05, 0) is 70.6 Å². The van der Waals surface area contributed by atoms with Gasteiger partial charge in [-0.3, -0.25) is 15.0 Å². The van der Waals surface area contributed by atoms with Gasteiger partial charge in [0, 0.05) is 57.4 Å². The topological polar surface area (TPSA) is 128 Å². The standard InChI is InChI=1S/C27H55N9O2/c1-3-20-16-28-9-7-22(20)17-31-27(38)21-5-4-6-23(15-21)30-18-25-33-34-26(24-8-10-29-19-32-24)36(25)12-11-35(2)13-14-37/h20-26,28-30,32-34,37H,3-19H2,1-2H3,(H,31,38). The molecular weight excluding hydrogens is 482 g/mol. The lowest BCUT2D eigenvalue weighted by molar-refractivity contribution is -0.126. The van der Waals surface area contributed by atoms with Crippen molar-refractivity contribution in [2.75, 3.05) is 72.7 Å². The summed E-state index contributed by atoms with van der Waals surface area (Å²) in [5, 5.41) is 27.0. The minimum atomic E-state index is 0.118. The lowest BCUT2D eigenvalue weighted by Gasteiger charge is -2.37. The average Bonchev–Trinajstić information content (AvgIpc) is 3.37. The molecule has 1 amide bonds. The number of likely N-dealkylation sites (N-methyl/N-ethyl adjacent to an activating group) is 1. The van der Waals surface area contributed by atoms with Gasteiger partial charge in [0.05, 0.1) is 18.9 Å². The van der Waals surface area contributed by atoms with Crippen LogP contribution in [0.1, 0.15) is 51.9 Å². The fraction of sp³-hybridized carbons (Fsp3) is 0.963. The van der Waals surface area contributed by atoms with Crippen LogP contribution < -0.4 is 37.4 Å². The minimum absolute atomic E-state index is 0.118. The molecule has 38 heavy (non-hydrogen) atoms. The number of nitrogens with zero attached hydrogens (tertiary/aromatic N) is 2. The van der Waals surface area contributed by atoms with Crippen molar-refractivity contribution in [3.8, 4) is 0 Å². The predicted molar refractivity (Wildman–Crippen MR) is 151 cm³/mol. The number of piperidine rings is 1. The summed E-state index contributed by atoms with van der Waals surface area (Å²) in [6.07, 6.45) is 7.99. The van der Waals surface area contributed by atoms with Gasteiger partial charge in [0.1, 0.15) is 0 Å². The van der Waals surface area contributed by atoms with Gasteiger partial charge >= 0.3 is 0 Å². The molecule has 0 aromatic carbocycles. The molecule has 11 nitrogen and oxygen atoms in total. The van der Waals surface area contributed by atoms with Crippen LogP contribution in [0.15, 0.2) is 0 Å². The molecule has 4 rings (SSSR count). The number of hydrazine groups is 1. The van der Waals surface area contributed by atoms with Crippen molar-refractivity contribution in [3.63, 3.8) is 0 Å². The average molecular weight is 538 g/mol. The van der Waals surface area contributed by atoms with Crippen molar-refractivity contribution in [2.24, 2.45) is 17.8 Å². The van der Waals surface area contributed by atoms with E-state index >= 15 is 0 Å². The van der Waals surface area contributed by atoms with Crippen LogP contribution in [-0.4, -0.2) is 118 Å². The molecular formula is C27H55N9O2. The van der Waals surface area contributed by atoms with E-state index in [1.165, 1.54) is 6.42 Å². The number of carbonyl (C=O) groups is 1. The molecule has 0 bridgehead atoms. The van der Waals surface area contributed by atoms with Gasteiger partial charge in [-0.25, -0.2) is 10.9 Å². The third-order valence-corrected chi connectivity index (χ3v) is 9.35. The molecule has 7 atom stereocenters. The lowest BCUT2D eigenvalue weighted by Crippen LogP contribution is -2.59. The van der Waals surface area contributed by atoms with Gasteiger partial charge in [-0.1, -0.05) is 19.8 Å². The van der Waals surface area contributed by atoms with E-state index in [2.05, 4.69) is 61.2 Å². The molecule has 3 aliphatic heterocycles. The second-order valence-electron chi connectivity index (χ2n) is 11.9. The fourth-order valence-electron chi connectivity index (χ4n) is 6.82. The highest BCUT2D eigenvalue weighted by Crippen LogP contribution is 2.26. The summed E-state index contributed by atoms with van der Waals surface area (Å²) in [6.45, 7) is 10.7. The molecule has 1 aliphatic carbocycles. The van der Waals surface area contributed by atoms with E-state index in [0.29, 0.717) is 30.5 Å². The van der Waals surface area contributed by atoms with Gasteiger partial charge < -0.3 is 31.3 Å². The van der Waals surface area contributed by atoms with Crippen molar-refractivity contribution in [1.29, 1.82) is 0 Å². The van der Waals surface area contributed by atoms with Crippen LogP contribution in [0.4, 0.5) is 0 Å². The first kappa shape index (κ1) is 30.1. The molecule has 0 aromatic heterocycles. The largest absolute Gasteiger partial charge is 0.395 e. The van der Waals surface area contributed by atoms with E-state index < -0.39 is 0 Å². The Morgan fingerprint density at radius 1 is 1.05 bits per heavy atom.